The van der Waals surface area contributed by atoms with Crippen LogP contribution in [0.4, 0.5) is 0 Å². The predicted octanol–water partition coefficient (Wildman–Crippen LogP) is 4.11. The molecule has 1 aromatic carbocycles. The average molecular weight is 261 g/mol. The third-order valence-corrected chi connectivity index (χ3v) is 3.95. The van der Waals surface area contributed by atoms with Crippen molar-refractivity contribution in [1.29, 1.82) is 0 Å². The van der Waals surface area contributed by atoms with Crippen LogP contribution in [0, 0.1) is 0 Å². The minimum absolute atomic E-state index is 0.200. The number of nitrogens with zero attached hydrogens (tertiary/aromatic N) is 1. The van der Waals surface area contributed by atoms with E-state index < -0.39 is 5.54 Å². The lowest BCUT2D eigenvalue weighted by Crippen LogP contribution is -2.49. The molecule has 0 bridgehead atoms. The highest BCUT2D eigenvalue weighted by atomic mass is 16.1. The van der Waals surface area contributed by atoms with Crippen LogP contribution in [0.25, 0.3) is 0 Å². The molecule has 2 nitrogen and oxygen atoms in total. The smallest absolute Gasteiger partial charge is 0.182 e. The Morgan fingerprint density at radius 3 is 1.95 bits per heavy atom. The van der Waals surface area contributed by atoms with Gasteiger partial charge in [-0.15, -0.1) is 0 Å². The Morgan fingerprint density at radius 1 is 1.11 bits per heavy atom. The number of likely N-dealkylation sites (N-methyl/N-ethyl adjacent to an activating group) is 1. The Morgan fingerprint density at radius 2 is 1.58 bits per heavy atom. The van der Waals surface area contributed by atoms with E-state index in [1.54, 1.807) is 0 Å². The highest BCUT2D eigenvalue weighted by molar-refractivity contribution is 6.02. The molecule has 0 heterocycles. The Hall–Kier alpha value is -1.15. The van der Waals surface area contributed by atoms with Crippen molar-refractivity contribution in [2.45, 2.75) is 53.0 Å². The van der Waals surface area contributed by atoms with Crippen molar-refractivity contribution in [1.82, 2.24) is 4.90 Å². The number of Topliss-reactive ketones (excluding diaryl/α,β-unsaturated/α-hetero) is 1. The van der Waals surface area contributed by atoms with Gasteiger partial charge < -0.3 is 0 Å². The summed E-state index contributed by atoms with van der Waals surface area (Å²) in [7, 11) is 0. The van der Waals surface area contributed by atoms with Crippen LogP contribution in [-0.2, 0) is 0 Å². The van der Waals surface area contributed by atoms with Crippen molar-refractivity contribution in [3.8, 4) is 0 Å². The van der Waals surface area contributed by atoms with Crippen LogP contribution in [0.15, 0.2) is 24.3 Å². The van der Waals surface area contributed by atoms with Gasteiger partial charge in [0, 0.05) is 5.56 Å². The van der Waals surface area contributed by atoms with Crippen LogP contribution < -0.4 is 0 Å². The summed E-state index contributed by atoms with van der Waals surface area (Å²) >= 11 is 0. The molecule has 2 heteroatoms. The first-order valence-corrected chi connectivity index (χ1v) is 7.24. The molecule has 0 spiro atoms. The van der Waals surface area contributed by atoms with Crippen LogP contribution in [0.1, 0.15) is 63.4 Å². The van der Waals surface area contributed by atoms with Gasteiger partial charge in [-0.2, -0.15) is 0 Å². The summed E-state index contributed by atoms with van der Waals surface area (Å²) in [6, 6.07) is 8.05. The molecule has 0 aliphatic rings. The van der Waals surface area contributed by atoms with Gasteiger partial charge in [0.2, 0.25) is 0 Å². The van der Waals surface area contributed by atoms with E-state index in [9.17, 15) is 4.79 Å². The molecule has 0 aromatic heterocycles. The second-order valence-corrected chi connectivity index (χ2v) is 5.84. The number of ketones is 1. The van der Waals surface area contributed by atoms with E-state index in [0.29, 0.717) is 5.92 Å². The fraction of sp³-hybridized carbons (Fsp3) is 0.588. The summed E-state index contributed by atoms with van der Waals surface area (Å²) in [5.41, 5.74) is 1.64. The number of rotatable bonds is 6. The Kier molecular flexibility index (Phi) is 5.30. The summed E-state index contributed by atoms with van der Waals surface area (Å²) in [6.07, 6.45) is 0. The maximum absolute atomic E-state index is 12.7. The van der Waals surface area contributed by atoms with Crippen LogP contribution in [0.3, 0.4) is 0 Å². The van der Waals surface area contributed by atoms with Crippen molar-refractivity contribution in [3.63, 3.8) is 0 Å². The summed E-state index contributed by atoms with van der Waals surface area (Å²) in [5.74, 6) is 0.700. The highest BCUT2D eigenvalue weighted by Crippen LogP contribution is 2.22. The van der Waals surface area contributed by atoms with Gasteiger partial charge in [0.25, 0.3) is 0 Å². The fourth-order valence-electron chi connectivity index (χ4n) is 2.53. The first-order chi connectivity index (χ1) is 8.84. The second kappa shape index (κ2) is 6.33. The lowest BCUT2D eigenvalue weighted by Gasteiger charge is -2.35. The molecule has 1 aromatic rings. The van der Waals surface area contributed by atoms with E-state index >= 15 is 0 Å². The van der Waals surface area contributed by atoms with Crippen molar-refractivity contribution in [2.75, 3.05) is 13.1 Å². The maximum atomic E-state index is 12.7. The molecule has 106 valence electrons. The van der Waals surface area contributed by atoms with Gasteiger partial charge in [-0.05, 0) is 38.4 Å². The lowest BCUT2D eigenvalue weighted by atomic mass is 9.90. The Labute approximate surface area is 117 Å². The molecule has 0 aliphatic carbocycles. The molecule has 0 amide bonds. The van der Waals surface area contributed by atoms with Crippen molar-refractivity contribution in [3.05, 3.63) is 35.4 Å². The van der Waals surface area contributed by atoms with Gasteiger partial charge in [-0.25, -0.2) is 0 Å². The van der Waals surface area contributed by atoms with Crippen LogP contribution >= 0.6 is 0 Å². The first kappa shape index (κ1) is 15.9. The SMILES string of the molecule is CCN(CC)C(C)(C)C(=O)c1ccc(C(C)C)cc1. The molecule has 1 rings (SSSR count). The highest BCUT2D eigenvalue weighted by Gasteiger charge is 2.33. The fourth-order valence-corrected chi connectivity index (χ4v) is 2.53. The minimum atomic E-state index is -0.442. The molecule has 0 N–H and O–H groups in total. The van der Waals surface area contributed by atoms with Gasteiger partial charge in [0.05, 0.1) is 5.54 Å². The number of carbonyl (C=O) groups is 1. The zero-order chi connectivity index (χ0) is 14.6. The van der Waals surface area contributed by atoms with Crippen molar-refractivity contribution < 1.29 is 4.79 Å². The van der Waals surface area contributed by atoms with Gasteiger partial charge in [-0.3, -0.25) is 9.69 Å². The topological polar surface area (TPSA) is 20.3 Å². The van der Waals surface area contributed by atoms with E-state index in [1.165, 1.54) is 5.56 Å². The molecule has 0 aliphatic heterocycles. The average Bonchev–Trinajstić information content (AvgIpc) is 2.39. The third-order valence-electron chi connectivity index (χ3n) is 3.95. The van der Waals surface area contributed by atoms with Gasteiger partial charge in [0.15, 0.2) is 5.78 Å². The Bertz CT molecular complexity index is 413. The van der Waals surface area contributed by atoms with Crippen LogP contribution in [-0.4, -0.2) is 29.3 Å². The van der Waals surface area contributed by atoms with E-state index in [0.717, 1.165) is 18.7 Å². The quantitative estimate of drug-likeness (QED) is 0.718. The van der Waals surface area contributed by atoms with Crippen LogP contribution in [0.2, 0.25) is 0 Å². The minimum Gasteiger partial charge on any atom is -0.292 e. The molecule has 0 unspecified atom stereocenters. The van der Waals surface area contributed by atoms with Crippen LogP contribution in [0.5, 0.6) is 0 Å². The zero-order valence-electron chi connectivity index (χ0n) is 13.2. The van der Waals surface area contributed by atoms with E-state index in [1.807, 2.05) is 26.0 Å². The second-order valence-electron chi connectivity index (χ2n) is 5.84. The third kappa shape index (κ3) is 3.44. The van der Waals surface area contributed by atoms with E-state index in [-0.39, 0.29) is 5.78 Å². The summed E-state index contributed by atoms with van der Waals surface area (Å²) in [5, 5.41) is 0. The zero-order valence-corrected chi connectivity index (χ0v) is 13.2. The Balaban J connectivity index is 2.99. The van der Waals surface area contributed by atoms with Crippen molar-refractivity contribution in [2.24, 2.45) is 0 Å². The summed E-state index contributed by atoms with van der Waals surface area (Å²) in [6.45, 7) is 14.3. The molecule has 0 fully saturated rings. The van der Waals surface area contributed by atoms with Gasteiger partial charge >= 0.3 is 0 Å². The van der Waals surface area contributed by atoms with Crippen molar-refractivity contribution >= 4 is 5.78 Å². The van der Waals surface area contributed by atoms with E-state index in [4.69, 9.17) is 0 Å². The molecular formula is C17H27NO. The number of benzene rings is 1. The van der Waals surface area contributed by atoms with Gasteiger partial charge in [0.1, 0.15) is 0 Å². The summed E-state index contributed by atoms with van der Waals surface area (Å²) in [4.78, 5) is 14.9. The monoisotopic (exact) mass is 261 g/mol. The number of hydrogen-bond donors (Lipinski definition) is 0. The largest absolute Gasteiger partial charge is 0.292 e. The standard InChI is InChI=1S/C17H27NO/c1-7-18(8-2)17(5,6)16(19)15-11-9-14(10-12-15)13(3)4/h9-13H,7-8H2,1-6H3. The van der Waals surface area contributed by atoms with E-state index in [2.05, 4.69) is 44.7 Å². The lowest BCUT2D eigenvalue weighted by molar-refractivity contribution is 0.0669. The number of hydrogen-bond acceptors (Lipinski definition) is 2. The maximum Gasteiger partial charge on any atom is 0.182 e. The number of carbonyl (C=O) groups excluding carboxylic acids is 1. The molecule has 19 heavy (non-hydrogen) atoms. The molecular weight excluding hydrogens is 234 g/mol. The summed E-state index contributed by atoms with van der Waals surface area (Å²) < 4.78 is 0. The molecule has 0 radical (unpaired) electrons. The first-order valence-electron chi connectivity index (χ1n) is 7.24. The normalized spacial score (nSPS) is 12.2. The molecule has 0 atom stereocenters. The van der Waals surface area contributed by atoms with Gasteiger partial charge in [-0.1, -0.05) is 52.0 Å². The molecule has 0 saturated heterocycles. The predicted molar refractivity (Wildman–Crippen MR) is 81.9 cm³/mol. The molecule has 0 saturated carbocycles.